The first-order valence-corrected chi connectivity index (χ1v) is 11.1. The quantitative estimate of drug-likeness (QED) is 0.488. The van der Waals surface area contributed by atoms with Crippen molar-refractivity contribution in [2.24, 2.45) is 5.92 Å². The molecule has 6 nitrogen and oxygen atoms in total. The van der Waals surface area contributed by atoms with Gasteiger partial charge in [0, 0.05) is 30.8 Å². The van der Waals surface area contributed by atoms with Crippen molar-refractivity contribution in [3.63, 3.8) is 0 Å². The molecule has 1 aliphatic rings. The molecule has 0 saturated carbocycles. The van der Waals surface area contributed by atoms with E-state index in [-0.39, 0.29) is 11.8 Å². The second-order valence-electron chi connectivity index (χ2n) is 8.24. The summed E-state index contributed by atoms with van der Waals surface area (Å²) in [5.74, 6) is 1.36. The van der Waals surface area contributed by atoms with E-state index in [1.807, 2.05) is 36.4 Å². The van der Waals surface area contributed by atoms with Gasteiger partial charge < -0.3 is 10.2 Å². The number of rotatable bonds is 4. The van der Waals surface area contributed by atoms with E-state index in [9.17, 15) is 4.79 Å². The maximum atomic E-state index is 12.9. The number of pyridine rings is 2. The molecule has 1 N–H and O–H groups in total. The Morgan fingerprint density at radius 1 is 0.970 bits per heavy atom. The van der Waals surface area contributed by atoms with Crippen LogP contribution >= 0.6 is 0 Å². The summed E-state index contributed by atoms with van der Waals surface area (Å²) >= 11 is 0. The van der Waals surface area contributed by atoms with Crippen LogP contribution in [0.5, 0.6) is 0 Å². The first kappa shape index (κ1) is 20.7. The van der Waals surface area contributed by atoms with Crippen LogP contribution in [0.4, 0.5) is 11.6 Å². The van der Waals surface area contributed by atoms with Gasteiger partial charge >= 0.3 is 0 Å². The minimum absolute atomic E-state index is 0.00518. The average molecular weight is 434 g/mol. The van der Waals surface area contributed by atoms with Gasteiger partial charge in [0.25, 0.3) is 0 Å². The van der Waals surface area contributed by atoms with Crippen LogP contribution in [0.15, 0.2) is 79.0 Å². The first-order chi connectivity index (χ1) is 16.2. The Hall–Kier alpha value is -4.24. The van der Waals surface area contributed by atoms with Crippen LogP contribution in [-0.4, -0.2) is 29.0 Å². The third-order valence-corrected chi connectivity index (χ3v) is 6.11. The molecule has 6 heteroatoms. The van der Waals surface area contributed by atoms with Crippen LogP contribution in [0, 0.1) is 17.2 Å². The Kier molecular flexibility index (Phi) is 5.69. The lowest BCUT2D eigenvalue weighted by Gasteiger charge is -2.32. The van der Waals surface area contributed by atoms with Gasteiger partial charge in [0.05, 0.1) is 11.3 Å². The molecule has 1 amide bonds. The summed E-state index contributed by atoms with van der Waals surface area (Å²) < 4.78 is 0. The average Bonchev–Trinajstić information content (AvgIpc) is 2.88. The van der Waals surface area contributed by atoms with Crippen molar-refractivity contribution < 1.29 is 4.79 Å². The molecule has 4 aromatic rings. The normalized spacial score (nSPS) is 14.1. The smallest absolute Gasteiger partial charge is 0.228 e. The maximum absolute atomic E-state index is 12.9. The Balaban J connectivity index is 1.23. The largest absolute Gasteiger partial charge is 0.357 e. The van der Waals surface area contributed by atoms with Crippen LogP contribution in [-0.2, 0) is 4.79 Å². The van der Waals surface area contributed by atoms with Crippen LogP contribution in [0.1, 0.15) is 18.4 Å². The van der Waals surface area contributed by atoms with Gasteiger partial charge in [0.2, 0.25) is 5.91 Å². The highest BCUT2D eigenvalue weighted by Crippen LogP contribution is 2.26. The van der Waals surface area contributed by atoms with Crippen molar-refractivity contribution in [2.45, 2.75) is 12.8 Å². The van der Waals surface area contributed by atoms with E-state index in [1.165, 1.54) is 5.39 Å². The summed E-state index contributed by atoms with van der Waals surface area (Å²) in [6, 6.07) is 25.9. The van der Waals surface area contributed by atoms with Gasteiger partial charge in [0.15, 0.2) is 0 Å². The number of nitrogens with one attached hydrogen (secondary N) is 1. The fourth-order valence-corrected chi connectivity index (χ4v) is 4.25. The Morgan fingerprint density at radius 2 is 1.79 bits per heavy atom. The molecule has 1 fully saturated rings. The number of anilines is 2. The van der Waals surface area contributed by atoms with Crippen molar-refractivity contribution in [3.8, 4) is 17.3 Å². The lowest BCUT2D eigenvalue weighted by atomic mass is 9.96. The molecule has 0 unspecified atom stereocenters. The molecular formula is C27H23N5O. The highest BCUT2D eigenvalue weighted by atomic mass is 16.1. The van der Waals surface area contributed by atoms with Crippen LogP contribution in [0.3, 0.4) is 0 Å². The van der Waals surface area contributed by atoms with E-state index in [0.717, 1.165) is 48.4 Å². The summed E-state index contributed by atoms with van der Waals surface area (Å²) in [4.78, 5) is 24.1. The number of hydrogen-bond donors (Lipinski definition) is 1. The highest BCUT2D eigenvalue weighted by molar-refractivity contribution is 5.92. The van der Waals surface area contributed by atoms with Gasteiger partial charge in [-0.2, -0.15) is 5.26 Å². The second kappa shape index (κ2) is 9.09. The van der Waals surface area contributed by atoms with Gasteiger partial charge in [-0.05, 0) is 53.9 Å². The number of carbonyl (C=O) groups is 1. The van der Waals surface area contributed by atoms with Crippen molar-refractivity contribution in [1.82, 2.24) is 9.97 Å². The molecule has 5 rings (SSSR count). The van der Waals surface area contributed by atoms with Crippen molar-refractivity contribution in [1.29, 1.82) is 5.26 Å². The minimum Gasteiger partial charge on any atom is -0.357 e. The third kappa shape index (κ3) is 4.53. The standard InChI is InChI=1S/C27H23N5O/c28-17-19-8-11-26(29-18-19)32-14-12-21(13-15-32)27(33)31-25-7-3-6-24(30-25)23-10-9-20-4-1-2-5-22(20)16-23/h1-11,16,18,21H,12-15H2,(H,30,31,33). The molecule has 2 aromatic heterocycles. The summed E-state index contributed by atoms with van der Waals surface area (Å²) in [7, 11) is 0. The first-order valence-electron chi connectivity index (χ1n) is 11.1. The molecule has 2 aromatic carbocycles. The zero-order valence-electron chi connectivity index (χ0n) is 18.1. The number of nitrogens with zero attached hydrogens (tertiary/aromatic N) is 4. The number of fused-ring (bicyclic) bond motifs is 1. The number of aromatic nitrogens is 2. The zero-order valence-corrected chi connectivity index (χ0v) is 18.1. The van der Waals surface area contributed by atoms with E-state index in [2.05, 4.69) is 56.6 Å². The lowest BCUT2D eigenvalue weighted by Crippen LogP contribution is -2.38. The van der Waals surface area contributed by atoms with Gasteiger partial charge in [-0.25, -0.2) is 9.97 Å². The molecular weight excluding hydrogens is 410 g/mol. The van der Waals surface area contributed by atoms with Gasteiger partial charge in [0.1, 0.15) is 17.7 Å². The van der Waals surface area contributed by atoms with E-state index in [1.54, 1.807) is 12.3 Å². The number of nitriles is 1. The molecule has 33 heavy (non-hydrogen) atoms. The molecule has 3 heterocycles. The molecule has 0 spiro atoms. The minimum atomic E-state index is -0.0641. The topological polar surface area (TPSA) is 81.9 Å². The fraction of sp³-hybridized carbons (Fsp3) is 0.185. The second-order valence-corrected chi connectivity index (χ2v) is 8.24. The van der Waals surface area contributed by atoms with Gasteiger partial charge in [-0.1, -0.05) is 42.5 Å². The molecule has 0 atom stereocenters. The van der Waals surface area contributed by atoms with E-state index >= 15 is 0 Å². The van der Waals surface area contributed by atoms with Crippen molar-refractivity contribution >= 4 is 28.3 Å². The van der Waals surface area contributed by atoms with Crippen molar-refractivity contribution in [2.75, 3.05) is 23.3 Å². The van der Waals surface area contributed by atoms with Gasteiger partial charge in [-0.15, -0.1) is 0 Å². The molecule has 0 bridgehead atoms. The fourth-order valence-electron chi connectivity index (χ4n) is 4.25. The number of hydrogen-bond acceptors (Lipinski definition) is 5. The van der Waals surface area contributed by atoms with E-state index in [4.69, 9.17) is 5.26 Å². The summed E-state index contributed by atoms with van der Waals surface area (Å²) in [5, 5.41) is 14.3. The SMILES string of the molecule is N#Cc1ccc(N2CCC(C(=O)Nc3cccc(-c4ccc5ccccc5c4)n3)CC2)nc1. The number of benzene rings is 2. The van der Waals surface area contributed by atoms with Crippen LogP contribution in [0.2, 0.25) is 0 Å². The van der Waals surface area contributed by atoms with E-state index in [0.29, 0.717) is 11.4 Å². The zero-order chi connectivity index (χ0) is 22.6. The molecule has 162 valence electrons. The predicted molar refractivity (Wildman–Crippen MR) is 130 cm³/mol. The van der Waals surface area contributed by atoms with Crippen LogP contribution < -0.4 is 10.2 Å². The molecule has 1 aliphatic heterocycles. The van der Waals surface area contributed by atoms with Crippen LogP contribution in [0.25, 0.3) is 22.0 Å². The summed E-state index contributed by atoms with van der Waals surface area (Å²) in [5.41, 5.74) is 2.40. The number of amides is 1. The van der Waals surface area contributed by atoms with E-state index < -0.39 is 0 Å². The molecule has 0 aliphatic carbocycles. The van der Waals surface area contributed by atoms with Crippen molar-refractivity contribution in [3.05, 3.63) is 84.6 Å². The highest BCUT2D eigenvalue weighted by Gasteiger charge is 2.26. The predicted octanol–water partition coefficient (Wildman–Crippen LogP) is 5.02. The summed E-state index contributed by atoms with van der Waals surface area (Å²) in [6.45, 7) is 1.50. The number of piperidine rings is 1. The van der Waals surface area contributed by atoms with Gasteiger partial charge in [-0.3, -0.25) is 4.79 Å². The summed E-state index contributed by atoms with van der Waals surface area (Å²) in [6.07, 6.45) is 3.08. The number of carbonyl (C=O) groups excluding carboxylic acids is 1. The molecule has 1 saturated heterocycles. The lowest BCUT2D eigenvalue weighted by molar-refractivity contribution is -0.120. The Labute approximate surface area is 192 Å². The maximum Gasteiger partial charge on any atom is 0.228 e. The Morgan fingerprint density at radius 3 is 2.55 bits per heavy atom. The Bertz CT molecular complexity index is 1330. The monoisotopic (exact) mass is 433 g/mol. The molecule has 0 radical (unpaired) electrons. The third-order valence-electron chi connectivity index (χ3n) is 6.11.